The van der Waals surface area contributed by atoms with Gasteiger partial charge in [-0.3, -0.25) is 9.80 Å². The van der Waals surface area contributed by atoms with E-state index in [-0.39, 0.29) is 0 Å². The van der Waals surface area contributed by atoms with Crippen LogP contribution >= 0.6 is 0 Å². The van der Waals surface area contributed by atoms with E-state index in [1.54, 1.807) is 0 Å². The monoisotopic (exact) mass is 250 g/mol. The van der Waals surface area contributed by atoms with E-state index in [9.17, 15) is 0 Å². The van der Waals surface area contributed by atoms with Crippen LogP contribution < -0.4 is 0 Å². The lowest BCUT2D eigenvalue weighted by molar-refractivity contribution is 0.0611. The minimum atomic E-state index is 0.574. The van der Waals surface area contributed by atoms with Crippen LogP contribution in [0, 0.1) is 0 Å². The largest absolute Gasteiger partial charge is 0.373 e. The molecule has 0 aromatic carbocycles. The second kappa shape index (κ2) is 4.77. The smallest absolute Gasteiger partial charge is 0.0735 e. The van der Waals surface area contributed by atoms with Crippen molar-refractivity contribution in [3.63, 3.8) is 0 Å². The molecule has 4 atom stereocenters. The molecule has 2 bridgehead atoms. The van der Waals surface area contributed by atoms with Gasteiger partial charge in [0, 0.05) is 18.6 Å². The Balaban J connectivity index is 1.45. The first-order chi connectivity index (χ1) is 8.90. The maximum absolute atomic E-state index is 6.06. The molecule has 4 rings (SSSR count). The third-order valence-electron chi connectivity index (χ3n) is 5.63. The van der Waals surface area contributed by atoms with Crippen LogP contribution in [-0.4, -0.2) is 60.3 Å². The Hall–Kier alpha value is -0.120. The molecule has 4 fully saturated rings. The first-order valence-corrected chi connectivity index (χ1v) is 8.04. The van der Waals surface area contributed by atoms with Crippen LogP contribution in [0.2, 0.25) is 0 Å². The van der Waals surface area contributed by atoms with Gasteiger partial charge in [-0.1, -0.05) is 6.42 Å². The van der Waals surface area contributed by atoms with Crippen LogP contribution in [0.4, 0.5) is 0 Å². The average Bonchev–Trinajstić information content (AvgIpc) is 2.95. The molecule has 0 aromatic heterocycles. The van der Waals surface area contributed by atoms with E-state index in [2.05, 4.69) is 9.80 Å². The number of hydrogen-bond acceptors (Lipinski definition) is 3. The van der Waals surface area contributed by atoms with Crippen molar-refractivity contribution in [2.24, 2.45) is 0 Å². The number of fused-ring (bicyclic) bond motifs is 3. The molecule has 0 spiro atoms. The molecule has 0 radical (unpaired) electrons. The SMILES string of the molecule is C1CCN2CCCN(C3CC4CCC3O4)CC2C1. The summed E-state index contributed by atoms with van der Waals surface area (Å²) in [6.45, 7) is 5.32. The summed E-state index contributed by atoms with van der Waals surface area (Å²) in [5.74, 6) is 0. The van der Waals surface area contributed by atoms with Gasteiger partial charge >= 0.3 is 0 Å². The number of ether oxygens (including phenoxy) is 1. The minimum Gasteiger partial charge on any atom is -0.373 e. The first-order valence-electron chi connectivity index (χ1n) is 8.04. The summed E-state index contributed by atoms with van der Waals surface area (Å²) in [5, 5.41) is 0. The van der Waals surface area contributed by atoms with E-state index in [1.165, 1.54) is 71.1 Å². The Kier molecular flexibility index (Phi) is 3.10. The van der Waals surface area contributed by atoms with Crippen molar-refractivity contribution in [2.45, 2.75) is 69.2 Å². The molecule has 4 aliphatic heterocycles. The zero-order valence-corrected chi connectivity index (χ0v) is 11.4. The summed E-state index contributed by atoms with van der Waals surface area (Å²) >= 11 is 0. The van der Waals surface area contributed by atoms with Crippen molar-refractivity contribution in [3.05, 3.63) is 0 Å². The fraction of sp³-hybridized carbons (Fsp3) is 1.00. The molecule has 0 aromatic rings. The summed E-state index contributed by atoms with van der Waals surface area (Å²) in [7, 11) is 0. The predicted octanol–water partition coefficient (Wildman–Crippen LogP) is 1.87. The van der Waals surface area contributed by atoms with Gasteiger partial charge < -0.3 is 4.74 Å². The van der Waals surface area contributed by atoms with Crippen LogP contribution in [0.1, 0.15) is 44.9 Å². The second-order valence-corrected chi connectivity index (χ2v) is 6.71. The molecule has 4 saturated heterocycles. The Morgan fingerprint density at radius 3 is 2.56 bits per heavy atom. The normalized spacial score (nSPS) is 46.0. The fourth-order valence-electron chi connectivity index (χ4n) is 4.70. The van der Waals surface area contributed by atoms with Gasteiger partial charge in [0.15, 0.2) is 0 Å². The highest BCUT2D eigenvalue weighted by atomic mass is 16.5. The van der Waals surface area contributed by atoms with E-state index in [1.807, 2.05) is 0 Å². The molecule has 4 unspecified atom stereocenters. The zero-order valence-electron chi connectivity index (χ0n) is 11.4. The second-order valence-electron chi connectivity index (χ2n) is 6.71. The molecule has 0 aliphatic carbocycles. The summed E-state index contributed by atoms with van der Waals surface area (Å²) in [5.41, 5.74) is 0. The molecule has 102 valence electrons. The van der Waals surface area contributed by atoms with Crippen LogP contribution in [-0.2, 0) is 4.74 Å². The highest BCUT2D eigenvalue weighted by molar-refractivity contribution is 4.97. The maximum Gasteiger partial charge on any atom is 0.0735 e. The molecule has 4 heterocycles. The molecular weight excluding hydrogens is 224 g/mol. The van der Waals surface area contributed by atoms with Gasteiger partial charge in [-0.05, 0) is 58.2 Å². The Bertz CT molecular complexity index is 309. The minimum absolute atomic E-state index is 0.574. The highest BCUT2D eigenvalue weighted by Gasteiger charge is 2.44. The highest BCUT2D eigenvalue weighted by Crippen LogP contribution is 2.38. The van der Waals surface area contributed by atoms with Gasteiger partial charge in [-0.15, -0.1) is 0 Å². The molecule has 0 saturated carbocycles. The third-order valence-corrected chi connectivity index (χ3v) is 5.63. The van der Waals surface area contributed by atoms with Gasteiger partial charge in [-0.25, -0.2) is 0 Å². The van der Waals surface area contributed by atoms with Crippen LogP contribution in [0.3, 0.4) is 0 Å². The van der Waals surface area contributed by atoms with E-state index in [0.717, 1.165) is 12.1 Å². The lowest BCUT2D eigenvalue weighted by Crippen LogP contribution is -2.48. The van der Waals surface area contributed by atoms with Crippen molar-refractivity contribution < 1.29 is 4.74 Å². The van der Waals surface area contributed by atoms with Crippen molar-refractivity contribution in [1.82, 2.24) is 9.80 Å². The maximum atomic E-state index is 6.06. The summed E-state index contributed by atoms with van der Waals surface area (Å²) in [6, 6.07) is 1.60. The van der Waals surface area contributed by atoms with Crippen LogP contribution in [0.15, 0.2) is 0 Å². The molecule has 4 aliphatic rings. The van der Waals surface area contributed by atoms with Gasteiger partial charge in [-0.2, -0.15) is 0 Å². The quantitative estimate of drug-likeness (QED) is 0.706. The van der Waals surface area contributed by atoms with Gasteiger partial charge in [0.05, 0.1) is 12.2 Å². The van der Waals surface area contributed by atoms with Crippen molar-refractivity contribution in [2.75, 3.05) is 26.2 Å². The van der Waals surface area contributed by atoms with E-state index in [4.69, 9.17) is 4.74 Å². The van der Waals surface area contributed by atoms with Crippen molar-refractivity contribution >= 4 is 0 Å². The lowest BCUT2D eigenvalue weighted by Gasteiger charge is -2.38. The van der Waals surface area contributed by atoms with E-state index in [0.29, 0.717) is 12.2 Å². The van der Waals surface area contributed by atoms with Gasteiger partial charge in [0.2, 0.25) is 0 Å². The third kappa shape index (κ3) is 2.00. The van der Waals surface area contributed by atoms with Crippen molar-refractivity contribution in [3.8, 4) is 0 Å². The first kappa shape index (κ1) is 11.7. The molecular formula is C15H26N2O. The van der Waals surface area contributed by atoms with Crippen LogP contribution in [0.5, 0.6) is 0 Å². The number of nitrogens with zero attached hydrogens (tertiary/aromatic N) is 2. The molecule has 3 heteroatoms. The van der Waals surface area contributed by atoms with Gasteiger partial charge in [0.1, 0.15) is 0 Å². The molecule has 0 N–H and O–H groups in total. The number of hydrogen-bond donors (Lipinski definition) is 0. The van der Waals surface area contributed by atoms with E-state index >= 15 is 0 Å². The van der Waals surface area contributed by atoms with Crippen molar-refractivity contribution in [1.29, 1.82) is 0 Å². The molecule has 18 heavy (non-hydrogen) atoms. The lowest BCUT2D eigenvalue weighted by atomic mass is 9.93. The number of rotatable bonds is 1. The standard InChI is InChI=1S/C15H26N2O/c1-2-7-16-8-3-9-17(11-12(16)4-1)14-10-13-5-6-15(14)18-13/h12-15H,1-11H2. The predicted molar refractivity (Wildman–Crippen MR) is 71.7 cm³/mol. The Morgan fingerprint density at radius 2 is 1.72 bits per heavy atom. The Morgan fingerprint density at radius 1 is 0.833 bits per heavy atom. The Labute approximate surface area is 110 Å². The summed E-state index contributed by atoms with van der Waals surface area (Å²) in [4.78, 5) is 5.55. The summed E-state index contributed by atoms with van der Waals surface area (Å²) in [6.07, 6.45) is 10.8. The molecule has 3 nitrogen and oxygen atoms in total. The van der Waals surface area contributed by atoms with Gasteiger partial charge in [0.25, 0.3) is 0 Å². The average molecular weight is 250 g/mol. The topological polar surface area (TPSA) is 15.7 Å². The summed E-state index contributed by atoms with van der Waals surface area (Å²) < 4.78 is 6.06. The number of piperidine rings is 1. The fourth-order valence-corrected chi connectivity index (χ4v) is 4.70. The molecule has 0 amide bonds. The van der Waals surface area contributed by atoms with Crippen LogP contribution in [0.25, 0.3) is 0 Å². The van der Waals surface area contributed by atoms with E-state index < -0.39 is 0 Å². The zero-order chi connectivity index (χ0) is 11.9.